The highest BCUT2D eigenvalue weighted by Crippen LogP contribution is 2.33. The predicted molar refractivity (Wildman–Crippen MR) is 84.1 cm³/mol. The molecule has 0 fully saturated rings. The standard InChI is InChI=1S/C16H15N3O4/c1-8-14-10(16(20)21)7-11(17-15(14)19-18-8)9-4-5-12(22-2)13(6-9)23-3/h4-7H,1-3H3,(H,20,21)(H,17,18,19). The summed E-state index contributed by atoms with van der Waals surface area (Å²) in [6.07, 6.45) is 0. The quantitative estimate of drug-likeness (QED) is 0.768. The van der Waals surface area contributed by atoms with Crippen LogP contribution >= 0.6 is 0 Å². The Hall–Kier alpha value is -3.09. The zero-order valence-corrected chi connectivity index (χ0v) is 12.9. The van der Waals surface area contributed by atoms with Gasteiger partial charge in [0.15, 0.2) is 17.1 Å². The third kappa shape index (κ3) is 2.46. The summed E-state index contributed by atoms with van der Waals surface area (Å²) >= 11 is 0. The second-order valence-electron chi connectivity index (χ2n) is 4.98. The Bertz CT molecular complexity index is 902. The molecule has 2 heterocycles. The highest BCUT2D eigenvalue weighted by molar-refractivity contribution is 6.03. The van der Waals surface area contributed by atoms with Crippen LogP contribution in [0.3, 0.4) is 0 Å². The number of nitrogens with zero attached hydrogens (tertiary/aromatic N) is 2. The lowest BCUT2D eigenvalue weighted by Gasteiger charge is -2.10. The van der Waals surface area contributed by atoms with E-state index in [1.54, 1.807) is 32.2 Å². The lowest BCUT2D eigenvalue weighted by Crippen LogP contribution is -2.00. The van der Waals surface area contributed by atoms with Crippen LogP contribution < -0.4 is 9.47 Å². The first kappa shape index (κ1) is 14.8. The van der Waals surface area contributed by atoms with E-state index < -0.39 is 5.97 Å². The van der Waals surface area contributed by atoms with Gasteiger partial charge in [0.05, 0.1) is 30.9 Å². The number of aromatic amines is 1. The van der Waals surface area contributed by atoms with Crippen molar-refractivity contribution in [1.29, 1.82) is 0 Å². The number of hydrogen-bond donors (Lipinski definition) is 2. The number of aromatic nitrogens is 3. The van der Waals surface area contributed by atoms with Crippen molar-refractivity contribution in [3.05, 3.63) is 35.5 Å². The molecular weight excluding hydrogens is 298 g/mol. The van der Waals surface area contributed by atoms with Gasteiger partial charge in [0.1, 0.15) is 0 Å². The number of aromatic carboxylic acids is 1. The average Bonchev–Trinajstić information content (AvgIpc) is 2.94. The first-order chi connectivity index (χ1) is 11.0. The Morgan fingerprint density at radius 3 is 2.57 bits per heavy atom. The fourth-order valence-electron chi connectivity index (χ4n) is 2.49. The highest BCUT2D eigenvalue weighted by Gasteiger charge is 2.17. The topological polar surface area (TPSA) is 97.3 Å². The van der Waals surface area contributed by atoms with Gasteiger partial charge in [-0.3, -0.25) is 5.10 Å². The number of fused-ring (bicyclic) bond motifs is 1. The minimum atomic E-state index is -1.02. The third-order valence-electron chi connectivity index (χ3n) is 3.61. The first-order valence-corrected chi connectivity index (χ1v) is 6.86. The maximum atomic E-state index is 11.6. The molecule has 23 heavy (non-hydrogen) atoms. The van der Waals surface area contributed by atoms with Crippen LogP contribution in [-0.2, 0) is 0 Å². The van der Waals surface area contributed by atoms with Crippen LogP contribution in [0.5, 0.6) is 11.5 Å². The molecule has 0 aliphatic heterocycles. The van der Waals surface area contributed by atoms with E-state index in [2.05, 4.69) is 15.2 Å². The fraction of sp³-hybridized carbons (Fsp3) is 0.188. The van der Waals surface area contributed by atoms with E-state index in [1.807, 2.05) is 0 Å². The summed E-state index contributed by atoms with van der Waals surface area (Å²) in [5.74, 6) is 0.108. The van der Waals surface area contributed by atoms with Crippen molar-refractivity contribution in [1.82, 2.24) is 15.2 Å². The second-order valence-corrected chi connectivity index (χ2v) is 4.98. The van der Waals surface area contributed by atoms with Crippen LogP contribution in [0.4, 0.5) is 0 Å². The van der Waals surface area contributed by atoms with Crippen molar-refractivity contribution in [2.75, 3.05) is 14.2 Å². The summed E-state index contributed by atoms with van der Waals surface area (Å²) in [5, 5.41) is 16.8. The molecule has 0 unspecified atom stereocenters. The molecule has 0 radical (unpaired) electrons. The van der Waals surface area contributed by atoms with Crippen LogP contribution in [0.25, 0.3) is 22.3 Å². The largest absolute Gasteiger partial charge is 0.493 e. The maximum absolute atomic E-state index is 11.6. The summed E-state index contributed by atoms with van der Waals surface area (Å²) < 4.78 is 10.5. The van der Waals surface area contributed by atoms with Crippen molar-refractivity contribution in [3.8, 4) is 22.8 Å². The zero-order chi connectivity index (χ0) is 16.6. The molecule has 0 aliphatic carbocycles. The number of carboxylic acid groups (broad SMARTS) is 1. The number of nitrogens with one attached hydrogen (secondary N) is 1. The molecule has 7 nitrogen and oxygen atoms in total. The molecule has 1 aromatic carbocycles. The molecule has 2 N–H and O–H groups in total. The van der Waals surface area contributed by atoms with E-state index in [0.29, 0.717) is 39.5 Å². The summed E-state index contributed by atoms with van der Waals surface area (Å²) in [6.45, 7) is 1.76. The number of carbonyl (C=O) groups is 1. The van der Waals surface area contributed by atoms with Gasteiger partial charge in [-0.05, 0) is 31.2 Å². The van der Waals surface area contributed by atoms with Gasteiger partial charge < -0.3 is 14.6 Å². The molecule has 118 valence electrons. The number of carboxylic acids is 1. The number of methoxy groups -OCH3 is 2. The number of rotatable bonds is 4. The number of hydrogen-bond acceptors (Lipinski definition) is 5. The van der Waals surface area contributed by atoms with E-state index in [1.165, 1.54) is 13.2 Å². The van der Waals surface area contributed by atoms with Crippen LogP contribution in [0, 0.1) is 6.92 Å². The van der Waals surface area contributed by atoms with Gasteiger partial charge in [0.25, 0.3) is 0 Å². The van der Waals surface area contributed by atoms with Gasteiger partial charge in [-0.15, -0.1) is 0 Å². The molecule has 7 heteroatoms. The number of pyridine rings is 1. The van der Waals surface area contributed by atoms with Crippen LogP contribution in [0.15, 0.2) is 24.3 Å². The lowest BCUT2D eigenvalue weighted by atomic mass is 10.1. The van der Waals surface area contributed by atoms with E-state index >= 15 is 0 Å². The van der Waals surface area contributed by atoms with Crippen molar-refractivity contribution in [3.63, 3.8) is 0 Å². The Morgan fingerprint density at radius 1 is 1.17 bits per heavy atom. The van der Waals surface area contributed by atoms with Crippen molar-refractivity contribution >= 4 is 17.0 Å². The van der Waals surface area contributed by atoms with E-state index in [0.717, 1.165) is 0 Å². The van der Waals surface area contributed by atoms with E-state index in [4.69, 9.17) is 9.47 Å². The Morgan fingerprint density at radius 2 is 1.91 bits per heavy atom. The Balaban J connectivity index is 2.22. The van der Waals surface area contributed by atoms with Crippen molar-refractivity contribution < 1.29 is 19.4 Å². The third-order valence-corrected chi connectivity index (χ3v) is 3.61. The molecule has 0 atom stereocenters. The summed E-state index contributed by atoms with van der Waals surface area (Å²) in [4.78, 5) is 16.0. The van der Waals surface area contributed by atoms with Gasteiger partial charge in [-0.2, -0.15) is 5.10 Å². The number of H-pyrrole nitrogens is 1. The maximum Gasteiger partial charge on any atom is 0.336 e. The minimum absolute atomic E-state index is 0.158. The number of benzene rings is 1. The lowest BCUT2D eigenvalue weighted by molar-refractivity contribution is 0.0699. The van der Waals surface area contributed by atoms with Crippen LogP contribution in [-0.4, -0.2) is 40.5 Å². The van der Waals surface area contributed by atoms with E-state index in [9.17, 15) is 9.90 Å². The van der Waals surface area contributed by atoms with Crippen molar-refractivity contribution in [2.45, 2.75) is 6.92 Å². The first-order valence-electron chi connectivity index (χ1n) is 6.86. The van der Waals surface area contributed by atoms with Gasteiger partial charge in [0.2, 0.25) is 0 Å². The minimum Gasteiger partial charge on any atom is -0.493 e. The Labute approximate surface area is 131 Å². The van der Waals surface area contributed by atoms with Crippen LogP contribution in [0.2, 0.25) is 0 Å². The summed E-state index contributed by atoms with van der Waals surface area (Å²) in [5.41, 5.74) is 2.41. The molecule has 0 spiro atoms. The SMILES string of the molecule is COc1ccc(-c2cc(C(=O)O)c3c(C)[nH]nc3n2)cc1OC. The van der Waals surface area contributed by atoms with E-state index in [-0.39, 0.29) is 5.56 Å². The summed E-state index contributed by atoms with van der Waals surface area (Å²) in [7, 11) is 3.09. The second kappa shape index (κ2) is 5.60. The van der Waals surface area contributed by atoms with Crippen molar-refractivity contribution in [2.24, 2.45) is 0 Å². The molecule has 3 rings (SSSR count). The molecule has 0 saturated carbocycles. The highest BCUT2D eigenvalue weighted by atomic mass is 16.5. The molecule has 3 aromatic rings. The molecule has 0 amide bonds. The molecule has 0 bridgehead atoms. The smallest absolute Gasteiger partial charge is 0.336 e. The van der Waals surface area contributed by atoms with Gasteiger partial charge in [-0.25, -0.2) is 9.78 Å². The van der Waals surface area contributed by atoms with Crippen LogP contribution in [0.1, 0.15) is 16.1 Å². The fourth-order valence-corrected chi connectivity index (χ4v) is 2.49. The molecule has 0 aliphatic rings. The molecule has 0 saturated heterocycles. The normalized spacial score (nSPS) is 10.7. The average molecular weight is 313 g/mol. The van der Waals surface area contributed by atoms with Gasteiger partial charge in [0, 0.05) is 11.3 Å². The predicted octanol–water partition coefficient (Wildman–Crippen LogP) is 2.65. The Kier molecular flexibility index (Phi) is 3.61. The zero-order valence-electron chi connectivity index (χ0n) is 12.9. The summed E-state index contributed by atoms with van der Waals surface area (Å²) in [6, 6.07) is 6.82. The number of ether oxygens (including phenoxy) is 2. The molecular formula is C16H15N3O4. The molecule has 2 aromatic heterocycles. The van der Waals surface area contributed by atoms with Gasteiger partial charge >= 0.3 is 5.97 Å². The van der Waals surface area contributed by atoms with Gasteiger partial charge in [-0.1, -0.05) is 0 Å². The number of aryl methyl sites for hydroxylation is 1. The monoisotopic (exact) mass is 313 g/mol.